The van der Waals surface area contributed by atoms with Gasteiger partial charge in [-0.3, -0.25) is 15.6 Å². The molecule has 0 aromatic heterocycles. The van der Waals surface area contributed by atoms with Gasteiger partial charge in [-0.05, 0) is 23.5 Å². The summed E-state index contributed by atoms with van der Waals surface area (Å²) in [6, 6.07) is 7.22. The molecule has 1 rings (SSSR count). The molecule has 6 heteroatoms. The highest BCUT2D eigenvalue weighted by atomic mass is 32.7. The minimum Gasteiger partial charge on any atom is -0.277 e. The zero-order chi connectivity index (χ0) is 9.19. The minimum absolute atomic E-state index is 0.735. The first-order chi connectivity index (χ1) is 5.49. The Morgan fingerprint density at radius 1 is 1.33 bits per heavy atom. The fourth-order valence-corrected chi connectivity index (χ4v) is 3.21. The molecular formula is C6H9N2OPS2. The van der Waals surface area contributed by atoms with E-state index in [2.05, 4.69) is 12.6 Å². The highest BCUT2D eigenvalue weighted by Gasteiger charge is 2.11. The Morgan fingerprint density at radius 2 is 1.92 bits per heavy atom. The molecule has 0 saturated carbocycles. The van der Waals surface area contributed by atoms with Crippen LogP contribution in [0.15, 0.2) is 34.1 Å². The third-order valence-corrected chi connectivity index (χ3v) is 3.93. The molecule has 0 saturated heterocycles. The average molecular weight is 220 g/mol. The molecule has 0 atom stereocenters. The lowest BCUT2D eigenvalue weighted by atomic mass is 10.4. The lowest BCUT2D eigenvalue weighted by Crippen LogP contribution is -1.99. The van der Waals surface area contributed by atoms with Gasteiger partial charge in [0.1, 0.15) is 0 Å². The number of nitrogens with two attached hydrogens (primary N) is 2. The summed E-state index contributed by atoms with van der Waals surface area (Å²) in [4.78, 5) is 1.48. The summed E-state index contributed by atoms with van der Waals surface area (Å²) in [5.41, 5.74) is 10.4. The average Bonchev–Trinajstić information content (AvgIpc) is 1.91. The smallest absolute Gasteiger partial charge is 0.265 e. The van der Waals surface area contributed by atoms with Crippen LogP contribution in [0.1, 0.15) is 0 Å². The Morgan fingerprint density at radius 3 is 2.42 bits per heavy atom. The molecule has 0 radical (unpaired) electrons. The lowest BCUT2D eigenvalue weighted by Gasteiger charge is -2.06. The largest absolute Gasteiger partial charge is 0.277 e. The maximum Gasteiger partial charge on any atom is 0.265 e. The van der Waals surface area contributed by atoms with Gasteiger partial charge >= 0.3 is 0 Å². The zero-order valence-electron chi connectivity index (χ0n) is 6.18. The maximum absolute atomic E-state index is 11.0. The third-order valence-electron chi connectivity index (χ3n) is 1.11. The third kappa shape index (κ3) is 3.21. The first-order valence-electron chi connectivity index (χ1n) is 3.14. The van der Waals surface area contributed by atoms with Crippen LogP contribution in [-0.2, 0) is 4.57 Å². The van der Waals surface area contributed by atoms with Crippen LogP contribution < -0.4 is 11.0 Å². The standard InChI is InChI=1S/C6H9N2OPS2/c7-10(8,9)12-6-4-2-1-3-5(6)11/h1-4,11H,(H4,7,8,9). The molecule has 0 aliphatic rings. The molecule has 1 aromatic carbocycles. The first-order valence-corrected chi connectivity index (χ1v) is 6.85. The predicted molar refractivity (Wildman–Crippen MR) is 55.5 cm³/mol. The summed E-state index contributed by atoms with van der Waals surface area (Å²) in [5.74, 6) is 0. The second-order valence-electron chi connectivity index (χ2n) is 2.20. The van der Waals surface area contributed by atoms with Gasteiger partial charge in [0.2, 0.25) is 0 Å². The summed E-state index contributed by atoms with van der Waals surface area (Å²) < 4.78 is 11.0. The van der Waals surface area contributed by atoms with Crippen LogP contribution in [-0.4, -0.2) is 0 Å². The Bertz CT molecular complexity index is 325. The molecule has 4 N–H and O–H groups in total. The van der Waals surface area contributed by atoms with Crippen molar-refractivity contribution in [1.82, 2.24) is 0 Å². The molecule has 3 nitrogen and oxygen atoms in total. The van der Waals surface area contributed by atoms with Crippen molar-refractivity contribution in [2.75, 3.05) is 0 Å². The van der Waals surface area contributed by atoms with E-state index in [4.69, 9.17) is 11.0 Å². The number of benzene rings is 1. The van der Waals surface area contributed by atoms with Crippen molar-refractivity contribution < 1.29 is 4.57 Å². The Kier molecular flexibility index (Phi) is 3.26. The van der Waals surface area contributed by atoms with E-state index in [1.807, 2.05) is 12.1 Å². The summed E-state index contributed by atoms with van der Waals surface area (Å²) in [6.07, 6.45) is 0. The highest BCUT2D eigenvalue weighted by molar-refractivity contribution is 8.56. The van der Waals surface area contributed by atoms with E-state index in [0.717, 1.165) is 21.2 Å². The van der Waals surface area contributed by atoms with Crippen LogP contribution in [0.3, 0.4) is 0 Å². The molecule has 0 aliphatic heterocycles. The molecule has 1 aromatic rings. The second-order valence-corrected chi connectivity index (χ2v) is 6.86. The summed E-state index contributed by atoms with van der Waals surface area (Å²) >= 11 is 5.12. The van der Waals surface area contributed by atoms with E-state index in [9.17, 15) is 4.57 Å². The van der Waals surface area contributed by atoms with E-state index in [1.165, 1.54) is 0 Å². The van der Waals surface area contributed by atoms with Crippen molar-refractivity contribution in [2.45, 2.75) is 9.79 Å². The molecular weight excluding hydrogens is 211 g/mol. The highest BCUT2D eigenvalue weighted by Crippen LogP contribution is 2.49. The molecule has 0 bridgehead atoms. The van der Waals surface area contributed by atoms with Gasteiger partial charge in [0, 0.05) is 9.79 Å². The molecule has 0 amide bonds. The van der Waals surface area contributed by atoms with Crippen molar-refractivity contribution >= 4 is 30.7 Å². The fourth-order valence-electron chi connectivity index (χ4n) is 0.688. The molecule has 0 heterocycles. The van der Waals surface area contributed by atoms with Crippen LogP contribution in [0, 0.1) is 0 Å². The normalized spacial score (nSPS) is 11.6. The van der Waals surface area contributed by atoms with Gasteiger partial charge in [-0.2, -0.15) is 0 Å². The van der Waals surface area contributed by atoms with Gasteiger partial charge in [0.05, 0.1) is 0 Å². The summed E-state index contributed by atoms with van der Waals surface area (Å²) in [5, 5.41) is 0. The number of hydrogen-bond acceptors (Lipinski definition) is 3. The van der Waals surface area contributed by atoms with E-state index in [1.54, 1.807) is 12.1 Å². The second kappa shape index (κ2) is 3.85. The van der Waals surface area contributed by atoms with Gasteiger partial charge in [0.25, 0.3) is 6.65 Å². The van der Waals surface area contributed by atoms with Crippen LogP contribution in [0.2, 0.25) is 0 Å². The van der Waals surface area contributed by atoms with Crippen molar-refractivity contribution in [1.29, 1.82) is 0 Å². The van der Waals surface area contributed by atoms with Crippen molar-refractivity contribution in [3.05, 3.63) is 24.3 Å². The molecule has 66 valence electrons. The van der Waals surface area contributed by atoms with Crippen molar-refractivity contribution in [3.8, 4) is 0 Å². The monoisotopic (exact) mass is 220 g/mol. The summed E-state index contributed by atoms with van der Waals surface area (Å²) in [6.45, 7) is -3.05. The lowest BCUT2D eigenvalue weighted by molar-refractivity contribution is 0.587. The Balaban J connectivity index is 2.90. The van der Waals surface area contributed by atoms with Crippen LogP contribution in [0.5, 0.6) is 0 Å². The fraction of sp³-hybridized carbons (Fsp3) is 0. The molecule has 12 heavy (non-hydrogen) atoms. The predicted octanol–water partition coefficient (Wildman–Crippen LogP) is 2.09. The van der Waals surface area contributed by atoms with Gasteiger partial charge in [-0.15, -0.1) is 12.6 Å². The number of hydrogen-bond donors (Lipinski definition) is 3. The zero-order valence-corrected chi connectivity index (χ0v) is 8.78. The first kappa shape index (κ1) is 10.2. The maximum atomic E-state index is 11.0. The minimum atomic E-state index is -3.05. The Hall–Kier alpha value is 0.0700. The SMILES string of the molecule is NP(N)(=O)Sc1ccccc1S. The van der Waals surface area contributed by atoms with Crippen LogP contribution in [0.25, 0.3) is 0 Å². The molecule has 0 aliphatic carbocycles. The van der Waals surface area contributed by atoms with Gasteiger partial charge < -0.3 is 0 Å². The van der Waals surface area contributed by atoms with Gasteiger partial charge in [-0.25, -0.2) is 0 Å². The molecule has 0 fully saturated rings. The molecule has 0 spiro atoms. The number of rotatable bonds is 2. The van der Waals surface area contributed by atoms with Crippen molar-refractivity contribution in [2.24, 2.45) is 11.0 Å². The van der Waals surface area contributed by atoms with Crippen LogP contribution in [0.4, 0.5) is 0 Å². The van der Waals surface area contributed by atoms with Crippen LogP contribution >= 0.6 is 30.7 Å². The summed E-state index contributed by atoms with van der Waals surface area (Å²) in [7, 11) is 0. The topological polar surface area (TPSA) is 69.1 Å². The van der Waals surface area contributed by atoms with E-state index >= 15 is 0 Å². The number of thiol groups is 1. The quantitative estimate of drug-likeness (QED) is 0.527. The Labute approximate surface area is 80.5 Å². The van der Waals surface area contributed by atoms with E-state index < -0.39 is 6.65 Å². The van der Waals surface area contributed by atoms with E-state index in [-0.39, 0.29) is 0 Å². The van der Waals surface area contributed by atoms with E-state index in [0.29, 0.717) is 0 Å². The van der Waals surface area contributed by atoms with Gasteiger partial charge in [0.15, 0.2) is 0 Å². The van der Waals surface area contributed by atoms with Crippen molar-refractivity contribution in [3.63, 3.8) is 0 Å². The van der Waals surface area contributed by atoms with Gasteiger partial charge in [-0.1, -0.05) is 12.1 Å². The molecule has 0 unspecified atom stereocenters.